The zero-order chi connectivity index (χ0) is 15.8. The summed E-state index contributed by atoms with van der Waals surface area (Å²) in [5.41, 5.74) is 2.47. The molecule has 1 aromatic carbocycles. The second kappa shape index (κ2) is 8.74. The van der Waals surface area contributed by atoms with Crippen molar-refractivity contribution in [2.75, 3.05) is 19.6 Å². The molecule has 0 atom stereocenters. The van der Waals surface area contributed by atoms with Crippen molar-refractivity contribution in [1.29, 1.82) is 0 Å². The van der Waals surface area contributed by atoms with Gasteiger partial charge in [-0.15, -0.1) is 0 Å². The van der Waals surface area contributed by atoms with Gasteiger partial charge < -0.3 is 10.2 Å². The van der Waals surface area contributed by atoms with Crippen LogP contribution in [0.2, 0.25) is 0 Å². The lowest BCUT2D eigenvalue weighted by molar-refractivity contribution is -0.117. The highest BCUT2D eigenvalue weighted by Gasteiger charge is 2.18. The number of aryl methyl sites for hydroxylation is 1. The SMILES string of the molecule is CCN1CCC(NC(=O)C=C(C)CCc2ccccc2)CC1. The third-order valence-corrected chi connectivity index (χ3v) is 4.41. The van der Waals surface area contributed by atoms with Crippen molar-refractivity contribution in [1.82, 2.24) is 10.2 Å². The first kappa shape index (κ1) is 16.8. The van der Waals surface area contributed by atoms with E-state index in [1.165, 1.54) is 5.56 Å². The Hall–Kier alpha value is -1.61. The number of likely N-dealkylation sites (tertiary alicyclic amines) is 1. The standard InChI is InChI=1S/C19H28N2O/c1-3-21-13-11-18(12-14-21)20-19(22)15-16(2)9-10-17-7-5-4-6-8-17/h4-8,15,18H,3,9-14H2,1-2H3,(H,20,22). The third-order valence-electron chi connectivity index (χ3n) is 4.41. The highest BCUT2D eigenvalue weighted by Crippen LogP contribution is 2.11. The molecular weight excluding hydrogens is 272 g/mol. The first-order valence-electron chi connectivity index (χ1n) is 8.41. The largest absolute Gasteiger partial charge is 0.350 e. The fourth-order valence-electron chi connectivity index (χ4n) is 2.92. The monoisotopic (exact) mass is 300 g/mol. The zero-order valence-corrected chi connectivity index (χ0v) is 13.8. The number of amides is 1. The Morgan fingerprint density at radius 1 is 1.27 bits per heavy atom. The maximum atomic E-state index is 12.1. The lowest BCUT2D eigenvalue weighted by Gasteiger charge is -2.31. The molecule has 0 aromatic heterocycles. The smallest absolute Gasteiger partial charge is 0.244 e. The molecule has 1 aliphatic heterocycles. The molecule has 1 aliphatic rings. The van der Waals surface area contributed by atoms with Crippen LogP contribution in [-0.2, 0) is 11.2 Å². The van der Waals surface area contributed by atoms with Crippen LogP contribution in [0.25, 0.3) is 0 Å². The first-order chi connectivity index (χ1) is 10.7. The molecular formula is C19H28N2O. The topological polar surface area (TPSA) is 32.3 Å². The lowest BCUT2D eigenvalue weighted by atomic mass is 10.0. The first-order valence-corrected chi connectivity index (χ1v) is 8.41. The maximum absolute atomic E-state index is 12.1. The molecule has 1 amide bonds. The second-order valence-electron chi connectivity index (χ2n) is 6.19. The van der Waals surface area contributed by atoms with Gasteiger partial charge in [-0.2, -0.15) is 0 Å². The van der Waals surface area contributed by atoms with Crippen LogP contribution < -0.4 is 5.32 Å². The average molecular weight is 300 g/mol. The van der Waals surface area contributed by atoms with Gasteiger partial charge in [0.05, 0.1) is 0 Å². The number of benzene rings is 1. The summed E-state index contributed by atoms with van der Waals surface area (Å²) in [5.74, 6) is 0.0699. The average Bonchev–Trinajstić information content (AvgIpc) is 2.54. The Morgan fingerprint density at radius 3 is 2.59 bits per heavy atom. The molecule has 0 unspecified atom stereocenters. The molecule has 1 aromatic rings. The number of allylic oxidation sites excluding steroid dienone is 1. The summed E-state index contributed by atoms with van der Waals surface area (Å²) >= 11 is 0. The zero-order valence-electron chi connectivity index (χ0n) is 13.8. The van der Waals surface area contributed by atoms with Gasteiger partial charge >= 0.3 is 0 Å². The summed E-state index contributed by atoms with van der Waals surface area (Å²) in [5, 5.41) is 3.15. The van der Waals surface area contributed by atoms with Crippen LogP contribution in [0.1, 0.15) is 38.7 Å². The number of piperidine rings is 1. The summed E-state index contributed by atoms with van der Waals surface area (Å²) < 4.78 is 0. The minimum absolute atomic E-state index is 0.0699. The van der Waals surface area contributed by atoms with Gasteiger partial charge in [-0.1, -0.05) is 42.8 Å². The number of nitrogens with zero attached hydrogens (tertiary/aromatic N) is 1. The van der Waals surface area contributed by atoms with Gasteiger partial charge in [-0.05, 0) is 44.7 Å². The third kappa shape index (κ3) is 5.64. The van der Waals surface area contributed by atoms with Gasteiger partial charge in [-0.25, -0.2) is 0 Å². The predicted octanol–water partition coefficient (Wildman–Crippen LogP) is 3.17. The van der Waals surface area contributed by atoms with Crippen LogP contribution in [0.4, 0.5) is 0 Å². The Kier molecular flexibility index (Phi) is 6.66. The normalized spacial score (nSPS) is 17.5. The van der Waals surface area contributed by atoms with Gasteiger partial charge in [0.25, 0.3) is 0 Å². The van der Waals surface area contributed by atoms with Gasteiger partial charge in [0, 0.05) is 25.2 Å². The molecule has 1 N–H and O–H groups in total. The van der Waals surface area contributed by atoms with Gasteiger partial charge in [-0.3, -0.25) is 4.79 Å². The van der Waals surface area contributed by atoms with E-state index in [0.717, 1.165) is 50.9 Å². The molecule has 22 heavy (non-hydrogen) atoms. The molecule has 1 saturated heterocycles. The number of rotatable bonds is 6. The van der Waals surface area contributed by atoms with Crippen LogP contribution in [0, 0.1) is 0 Å². The molecule has 0 saturated carbocycles. The Morgan fingerprint density at radius 2 is 1.95 bits per heavy atom. The Labute approximate surface area is 134 Å². The van der Waals surface area contributed by atoms with Crippen molar-refractivity contribution in [2.45, 2.75) is 45.6 Å². The maximum Gasteiger partial charge on any atom is 0.244 e. The Balaban J connectivity index is 1.73. The molecule has 0 bridgehead atoms. The number of hydrogen-bond donors (Lipinski definition) is 1. The van der Waals surface area contributed by atoms with Gasteiger partial charge in [0.1, 0.15) is 0 Å². The molecule has 0 radical (unpaired) electrons. The number of hydrogen-bond acceptors (Lipinski definition) is 2. The van der Waals surface area contributed by atoms with Gasteiger partial charge in [0.2, 0.25) is 5.91 Å². The van der Waals surface area contributed by atoms with Crippen LogP contribution in [0.5, 0.6) is 0 Å². The molecule has 0 spiro atoms. The highest BCUT2D eigenvalue weighted by molar-refractivity contribution is 5.88. The van der Waals surface area contributed by atoms with E-state index >= 15 is 0 Å². The summed E-state index contributed by atoms with van der Waals surface area (Å²) in [7, 11) is 0. The summed E-state index contributed by atoms with van der Waals surface area (Å²) in [6.45, 7) is 7.54. The number of carbonyl (C=O) groups is 1. The number of carbonyl (C=O) groups excluding carboxylic acids is 1. The Bertz CT molecular complexity index is 487. The molecule has 3 heteroatoms. The second-order valence-corrected chi connectivity index (χ2v) is 6.19. The van der Waals surface area contributed by atoms with Crippen molar-refractivity contribution in [3.63, 3.8) is 0 Å². The van der Waals surface area contributed by atoms with E-state index in [1.54, 1.807) is 6.08 Å². The molecule has 2 rings (SSSR count). The van der Waals surface area contributed by atoms with Crippen molar-refractivity contribution in [3.05, 3.63) is 47.5 Å². The van der Waals surface area contributed by atoms with Crippen LogP contribution in [0.3, 0.4) is 0 Å². The number of nitrogens with one attached hydrogen (secondary N) is 1. The van der Waals surface area contributed by atoms with Crippen LogP contribution in [0.15, 0.2) is 42.0 Å². The van der Waals surface area contributed by atoms with Crippen molar-refractivity contribution < 1.29 is 4.79 Å². The highest BCUT2D eigenvalue weighted by atomic mass is 16.1. The fourth-order valence-corrected chi connectivity index (χ4v) is 2.92. The molecule has 1 heterocycles. The molecule has 3 nitrogen and oxygen atoms in total. The van der Waals surface area contributed by atoms with Crippen molar-refractivity contribution in [2.24, 2.45) is 0 Å². The summed E-state index contributed by atoms with van der Waals surface area (Å²) in [6, 6.07) is 10.8. The van der Waals surface area contributed by atoms with Crippen molar-refractivity contribution >= 4 is 5.91 Å². The molecule has 1 fully saturated rings. The fraction of sp³-hybridized carbons (Fsp3) is 0.526. The van der Waals surface area contributed by atoms with Crippen LogP contribution in [-0.4, -0.2) is 36.5 Å². The minimum atomic E-state index is 0.0699. The quantitative estimate of drug-likeness (QED) is 0.819. The minimum Gasteiger partial charge on any atom is -0.350 e. The van der Waals surface area contributed by atoms with E-state index < -0.39 is 0 Å². The van der Waals surface area contributed by atoms with E-state index in [4.69, 9.17) is 0 Å². The lowest BCUT2D eigenvalue weighted by Crippen LogP contribution is -2.44. The van der Waals surface area contributed by atoms with E-state index in [-0.39, 0.29) is 5.91 Å². The van der Waals surface area contributed by atoms with E-state index in [2.05, 4.69) is 41.4 Å². The predicted molar refractivity (Wildman–Crippen MR) is 91.8 cm³/mol. The molecule has 120 valence electrons. The summed E-state index contributed by atoms with van der Waals surface area (Å²) in [4.78, 5) is 14.5. The van der Waals surface area contributed by atoms with Crippen LogP contribution >= 0.6 is 0 Å². The van der Waals surface area contributed by atoms with E-state index in [1.807, 2.05) is 13.0 Å². The summed E-state index contributed by atoms with van der Waals surface area (Å²) in [6.07, 6.45) is 5.83. The van der Waals surface area contributed by atoms with E-state index in [9.17, 15) is 4.79 Å². The van der Waals surface area contributed by atoms with E-state index in [0.29, 0.717) is 6.04 Å². The van der Waals surface area contributed by atoms with Crippen molar-refractivity contribution in [3.8, 4) is 0 Å². The van der Waals surface area contributed by atoms with Gasteiger partial charge in [0.15, 0.2) is 0 Å². The molecule has 0 aliphatic carbocycles.